The maximum atomic E-state index is 11.4. The number of benzene rings is 1. The van der Waals surface area contributed by atoms with Crippen LogP contribution in [0.15, 0.2) is 24.3 Å². The summed E-state index contributed by atoms with van der Waals surface area (Å²) >= 11 is 0. The molecule has 0 heterocycles. The van der Waals surface area contributed by atoms with Gasteiger partial charge in [-0.1, -0.05) is 18.2 Å². The number of ether oxygens (including phenoxy) is 1. The largest absolute Gasteiger partial charge is 0.459 e. The number of esters is 1. The number of carbonyl (C=O) groups is 1. The van der Waals surface area contributed by atoms with Gasteiger partial charge in [0.25, 0.3) is 0 Å². The maximum Gasteiger partial charge on any atom is 0.339 e. The molecule has 0 spiro atoms. The lowest BCUT2D eigenvalue weighted by Gasteiger charge is -2.08. The summed E-state index contributed by atoms with van der Waals surface area (Å²) in [6, 6.07) is 6.43. The predicted octanol–water partition coefficient (Wildman–Crippen LogP) is 1.71. The standard InChI is InChI=1S/C11H11O3/c1-8(2)14-11(13)10-6-4-3-5-9(10)7-12/h3-6,8H,1-2H3. The molecule has 0 bridgehead atoms. The van der Waals surface area contributed by atoms with Gasteiger partial charge in [-0.05, 0) is 19.9 Å². The van der Waals surface area contributed by atoms with Crippen molar-refractivity contribution in [1.29, 1.82) is 0 Å². The maximum absolute atomic E-state index is 11.4. The van der Waals surface area contributed by atoms with Crippen molar-refractivity contribution in [3.8, 4) is 0 Å². The van der Waals surface area contributed by atoms with Crippen LogP contribution in [0.1, 0.15) is 29.8 Å². The zero-order valence-electron chi connectivity index (χ0n) is 8.11. The lowest BCUT2D eigenvalue weighted by atomic mass is 10.1. The van der Waals surface area contributed by atoms with Crippen molar-refractivity contribution >= 4 is 12.3 Å². The second kappa shape index (κ2) is 4.56. The normalized spacial score (nSPS) is 9.93. The molecule has 0 aliphatic carbocycles. The van der Waals surface area contributed by atoms with E-state index in [4.69, 9.17) is 4.74 Å². The van der Waals surface area contributed by atoms with Gasteiger partial charge in [0.15, 0.2) is 0 Å². The highest BCUT2D eigenvalue weighted by molar-refractivity contribution is 5.98. The van der Waals surface area contributed by atoms with Gasteiger partial charge in [0, 0.05) is 5.56 Å². The van der Waals surface area contributed by atoms with Crippen LogP contribution in [-0.4, -0.2) is 18.4 Å². The lowest BCUT2D eigenvalue weighted by Crippen LogP contribution is -2.13. The van der Waals surface area contributed by atoms with Crippen LogP contribution in [0.25, 0.3) is 0 Å². The summed E-state index contributed by atoms with van der Waals surface area (Å²) in [6.07, 6.45) is 1.51. The minimum atomic E-state index is -0.487. The van der Waals surface area contributed by atoms with E-state index in [0.717, 1.165) is 0 Å². The van der Waals surface area contributed by atoms with E-state index in [2.05, 4.69) is 0 Å². The highest BCUT2D eigenvalue weighted by Gasteiger charge is 2.13. The molecule has 0 amide bonds. The molecule has 0 N–H and O–H groups in total. The first kappa shape index (κ1) is 10.4. The molecule has 0 aliphatic rings. The van der Waals surface area contributed by atoms with Gasteiger partial charge < -0.3 is 4.74 Å². The van der Waals surface area contributed by atoms with Crippen LogP contribution in [0, 0.1) is 0 Å². The molecular weight excluding hydrogens is 180 g/mol. The minimum Gasteiger partial charge on any atom is -0.459 e. The van der Waals surface area contributed by atoms with Crippen LogP contribution >= 0.6 is 0 Å². The number of carbonyl (C=O) groups excluding carboxylic acids is 2. The number of rotatable bonds is 3. The zero-order chi connectivity index (χ0) is 10.6. The predicted molar refractivity (Wildman–Crippen MR) is 51.8 cm³/mol. The average Bonchev–Trinajstić information content (AvgIpc) is 2.16. The fourth-order valence-electron chi connectivity index (χ4n) is 1.03. The third kappa shape index (κ3) is 2.42. The topological polar surface area (TPSA) is 43.4 Å². The molecule has 3 nitrogen and oxygen atoms in total. The third-order valence-electron chi connectivity index (χ3n) is 1.60. The van der Waals surface area contributed by atoms with Crippen molar-refractivity contribution in [3.63, 3.8) is 0 Å². The Morgan fingerprint density at radius 2 is 2.00 bits per heavy atom. The second-order valence-electron chi connectivity index (χ2n) is 3.10. The van der Waals surface area contributed by atoms with E-state index in [9.17, 15) is 9.59 Å². The summed E-state index contributed by atoms with van der Waals surface area (Å²) in [5.41, 5.74) is 0.495. The van der Waals surface area contributed by atoms with Crippen LogP contribution < -0.4 is 0 Å². The molecule has 0 fully saturated rings. The molecule has 0 aliphatic heterocycles. The summed E-state index contributed by atoms with van der Waals surface area (Å²) in [5.74, 6) is -0.487. The van der Waals surface area contributed by atoms with Gasteiger partial charge >= 0.3 is 5.97 Å². The Morgan fingerprint density at radius 3 is 2.57 bits per heavy atom. The summed E-state index contributed by atoms with van der Waals surface area (Å²) in [7, 11) is 0. The van der Waals surface area contributed by atoms with Gasteiger partial charge in [0.2, 0.25) is 6.29 Å². The Hall–Kier alpha value is -1.64. The first-order valence-corrected chi connectivity index (χ1v) is 4.33. The van der Waals surface area contributed by atoms with Crippen LogP contribution in [0.5, 0.6) is 0 Å². The molecule has 73 valence electrons. The molecule has 1 aromatic carbocycles. The molecule has 1 radical (unpaired) electrons. The summed E-state index contributed by atoms with van der Waals surface area (Å²) in [6.45, 7) is 3.51. The van der Waals surface area contributed by atoms with Gasteiger partial charge in [-0.2, -0.15) is 0 Å². The Bertz CT molecular complexity index is 342. The van der Waals surface area contributed by atoms with Crippen molar-refractivity contribution in [1.82, 2.24) is 0 Å². The van der Waals surface area contributed by atoms with E-state index in [-0.39, 0.29) is 17.2 Å². The monoisotopic (exact) mass is 191 g/mol. The second-order valence-corrected chi connectivity index (χ2v) is 3.10. The molecule has 14 heavy (non-hydrogen) atoms. The van der Waals surface area contributed by atoms with E-state index >= 15 is 0 Å². The average molecular weight is 191 g/mol. The Morgan fingerprint density at radius 1 is 1.36 bits per heavy atom. The molecule has 3 heteroatoms. The SMILES string of the molecule is CC(C)OC(=O)c1ccccc1[C]=O. The first-order valence-electron chi connectivity index (χ1n) is 4.33. The first-order chi connectivity index (χ1) is 6.65. The molecule has 0 saturated heterocycles. The lowest BCUT2D eigenvalue weighted by molar-refractivity contribution is 0.0377. The smallest absolute Gasteiger partial charge is 0.339 e. The Labute approximate surface area is 82.7 Å². The summed E-state index contributed by atoms with van der Waals surface area (Å²) < 4.78 is 4.96. The van der Waals surface area contributed by atoms with Crippen LogP contribution in [0.4, 0.5) is 0 Å². The van der Waals surface area contributed by atoms with Crippen LogP contribution in [0.2, 0.25) is 0 Å². The highest BCUT2D eigenvalue weighted by Crippen LogP contribution is 2.08. The number of hydrogen-bond donors (Lipinski definition) is 0. The molecule has 0 unspecified atom stereocenters. The highest BCUT2D eigenvalue weighted by atomic mass is 16.5. The van der Waals surface area contributed by atoms with E-state index in [1.807, 2.05) is 0 Å². The minimum absolute atomic E-state index is 0.192. The molecule has 0 saturated carbocycles. The van der Waals surface area contributed by atoms with E-state index in [1.54, 1.807) is 38.3 Å². The van der Waals surface area contributed by atoms with Crippen molar-refractivity contribution < 1.29 is 14.3 Å². The molecule has 1 rings (SSSR count). The summed E-state index contributed by atoms with van der Waals surface area (Å²) in [4.78, 5) is 21.9. The van der Waals surface area contributed by atoms with Gasteiger partial charge in [-0.15, -0.1) is 0 Å². The quantitative estimate of drug-likeness (QED) is 0.683. The number of hydrogen-bond acceptors (Lipinski definition) is 3. The van der Waals surface area contributed by atoms with Crippen LogP contribution in [0.3, 0.4) is 0 Å². The van der Waals surface area contributed by atoms with E-state index < -0.39 is 5.97 Å². The Balaban J connectivity index is 2.94. The summed E-state index contributed by atoms with van der Waals surface area (Å²) in [5, 5.41) is 0. The van der Waals surface area contributed by atoms with Crippen molar-refractivity contribution in [2.45, 2.75) is 20.0 Å². The van der Waals surface area contributed by atoms with Gasteiger partial charge in [-0.25, -0.2) is 4.79 Å². The molecule has 0 atom stereocenters. The van der Waals surface area contributed by atoms with Crippen molar-refractivity contribution in [2.24, 2.45) is 0 Å². The van der Waals surface area contributed by atoms with Crippen molar-refractivity contribution in [3.05, 3.63) is 35.4 Å². The van der Waals surface area contributed by atoms with Crippen LogP contribution in [-0.2, 0) is 9.53 Å². The zero-order valence-corrected chi connectivity index (χ0v) is 8.11. The molecule has 0 aromatic heterocycles. The van der Waals surface area contributed by atoms with Gasteiger partial charge in [0.1, 0.15) is 0 Å². The van der Waals surface area contributed by atoms with Gasteiger partial charge in [-0.3, -0.25) is 4.79 Å². The van der Waals surface area contributed by atoms with E-state index in [0.29, 0.717) is 0 Å². The fourth-order valence-corrected chi connectivity index (χ4v) is 1.03. The van der Waals surface area contributed by atoms with E-state index in [1.165, 1.54) is 6.07 Å². The van der Waals surface area contributed by atoms with Gasteiger partial charge in [0.05, 0.1) is 11.7 Å². The Kier molecular flexibility index (Phi) is 3.40. The fraction of sp³-hybridized carbons (Fsp3) is 0.273. The molecule has 1 aromatic rings. The van der Waals surface area contributed by atoms with Crippen molar-refractivity contribution in [2.75, 3.05) is 0 Å². The molecular formula is C11H11O3. The third-order valence-corrected chi connectivity index (χ3v) is 1.60.